The van der Waals surface area contributed by atoms with Crippen molar-refractivity contribution in [2.45, 2.75) is 38.8 Å². The zero-order chi connectivity index (χ0) is 23.0. The molecular formula is C23H25ClF3N3O2. The Labute approximate surface area is 190 Å². The Morgan fingerprint density at radius 2 is 1.94 bits per heavy atom. The van der Waals surface area contributed by atoms with Crippen LogP contribution in [0.4, 0.5) is 24.7 Å². The maximum Gasteiger partial charge on any atom is 0.417 e. The molecule has 32 heavy (non-hydrogen) atoms. The van der Waals surface area contributed by atoms with E-state index in [-0.39, 0.29) is 16.8 Å². The fourth-order valence-electron chi connectivity index (χ4n) is 4.62. The van der Waals surface area contributed by atoms with E-state index < -0.39 is 11.7 Å². The minimum Gasteiger partial charge on any atom is -0.495 e. The summed E-state index contributed by atoms with van der Waals surface area (Å²) in [6.45, 7) is 3.70. The van der Waals surface area contributed by atoms with Gasteiger partial charge in [0.1, 0.15) is 11.6 Å². The van der Waals surface area contributed by atoms with Crippen molar-refractivity contribution in [2.24, 2.45) is 5.92 Å². The van der Waals surface area contributed by atoms with E-state index in [1.165, 1.54) is 0 Å². The normalized spacial score (nSPS) is 17.3. The first-order chi connectivity index (χ1) is 15.2. The van der Waals surface area contributed by atoms with Gasteiger partial charge in [-0.2, -0.15) is 13.2 Å². The van der Waals surface area contributed by atoms with Crippen LogP contribution in [-0.2, 0) is 17.4 Å². The first kappa shape index (κ1) is 22.7. The van der Waals surface area contributed by atoms with Crippen LogP contribution in [0.3, 0.4) is 0 Å². The number of aromatic nitrogens is 1. The fourth-order valence-corrected chi connectivity index (χ4v) is 4.90. The molecule has 0 atom stereocenters. The number of pyridine rings is 1. The molecule has 9 heteroatoms. The molecule has 1 aromatic heterocycles. The first-order valence-corrected chi connectivity index (χ1v) is 11.0. The topological polar surface area (TPSA) is 45.7 Å². The van der Waals surface area contributed by atoms with E-state index in [0.29, 0.717) is 44.0 Å². The van der Waals surface area contributed by atoms with Gasteiger partial charge in [-0.1, -0.05) is 17.7 Å². The zero-order valence-electron chi connectivity index (χ0n) is 18.0. The average molecular weight is 468 g/mol. The summed E-state index contributed by atoms with van der Waals surface area (Å²) in [5.74, 6) is 0.930. The van der Waals surface area contributed by atoms with Gasteiger partial charge in [0, 0.05) is 31.7 Å². The molecule has 0 spiro atoms. The summed E-state index contributed by atoms with van der Waals surface area (Å²) in [6.07, 6.45) is -0.707. The first-order valence-electron chi connectivity index (χ1n) is 10.7. The monoisotopic (exact) mass is 467 g/mol. The molecule has 1 amide bonds. The Bertz CT molecular complexity index is 1020. The number of halogens is 4. The average Bonchev–Trinajstić information content (AvgIpc) is 2.78. The van der Waals surface area contributed by atoms with E-state index in [0.717, 1.165) is 41.9 Å². The maximum absolute atomic E-state index is 13.4. The lowest BCUT2D eigenvalue weighted by molar-refractivity contribution is -0.137. The van der Waals surface area contributed by atoms with Gasteiger partial charge >= 0.3 is 6.18 Å². The van der Waals surface area contributed by atoms with Crippen LogP contribution in [0.1, 0.15) is 36.0 Å². The molecule has 2 aromatic rings. The molecule has 4 rings (SSSR count). The predicted molar refractivity (Wildman–Crippen MR) is 118 cm³/mol. The Hall–Kier alpha value is -2.48. The molecule has 0 bridgehead atoms. The molecule has 0 unspecified atom stereocenters. The number of methoxy groups -OCH3 is 1. The van der Waals surface area contributed by atoms with Crippen molar-refractivity contribution in [1.29, 1.82) is 0 Å². The standard InChI is InChI=1S/C23H25ClF3N3O2/c1-14-5-6-19(32-2)20-17(14)4-3-9-30(20)22(31)15-7-10-29(11-8-15)21-18(24)12-16(13-28-21)23(25,26)27/h5-6,12-13,15H,3-4,7-11H2,1-2H3. The van der Waals surface area contributed by atoms with Crippen LogP contribution in [-0.4, -0.2) is 37.6 Å². The van der Waals surface area contributed by atoms with E-state index in [1.54, 1.807) is 7.11 Å². The number of hydrogen-bond donors (Lipinski definition) is 0. The van der Waals surface area contributed by atoms with Gasteiger partial charge in [-0.15, -0.1) is 0 Å². The molecule has 172 valence electrons. The molecular weight excluding hydrogens is 443 g/mol. The van der Waals surface area contributed by atoms with Gasteiger partial charge in [0.25, 0.3) is 0 Å². The molecule has 1 saturated heterocycles. The number of nitrogens with zero attached hydrogens (tertiary/aromatic N) is 3. The van der Waals surface area contributed by atoms with Crippen molar-refractivity contribution in [3.8, 4) is 5.75 Å². The largest absolute Gasteiger partial charge is 0.495 e. The van der Waals surface area contributed by atoms with Gasteiger partial charge in [0.05, 0.1) is 23.4 Å². The summed E-state index contributed by atoms with van der Waals surface area (Å²) in [5.41, 5.74) is 2.31. The molecule has 1 aromatic carbocycles. The van der Waals surface area contributed by atoms with E-state index in [1.807, 2.05) is 28.9 Å². The third-order valence-corrected chi connectivity index (χ3v) is 6.62. The SMILES string of the molecule is COc1ccc(C)c2c1N(C(=O)C1CCN(c3ncc(C(F)(F)F)cc3Cl)CC1)CCC2. The fraction of sp³-hybridized carbons (Fsp3) is 0.478. The van der Waals surface area contributed by atoms with Crippen molar-refractivity contribution in [3.63, 3.8) is 0 Å². The Balaban J connectivity index is 1.48. The van der Waals surface area contributed by atoms with Crippen LogP contribution < -0.4 is 14.5 Å². The van der Waals surface area contributed by atoms with Crippen LogP contribution in [0.25, 0.3) is 0 Å². The van der Waals surface area contributed by atoms with E-state index in [9.17, 15) is 18.0 Å². The van der Waals surface area contributed by atoms with Crippen molar-refractivity contribution in [3.05, 3.63) is 46.1 Å². The lowest BCUT2D eigenvalue weighted by Crippen LogP contribution is -2.45. The Kier molecular flexibility index (Phi) is 6.25. The Morgan fingerprint density at radius 3 is 2.56 bits per heavy atom. The highest BCUT2D eigenvalue weighted by molar-refractivity contribution is 6.33. The van der Waals surface area contributed by atoms with Crippen molar-refractivity contribution >= 4 is 29.0 Å². The predicted octanol–water partition coefficient (Wildman–Crippen LogP) is 5.27. The van der Waals surface area contributed by atoms with Gasteiger partial charge < -0.3 is 14.5 Å². The van der Waals surface area contributed by atoms with Crippen LogP contribution in [0.2, 0.25) is 5.02 Å². The van der Waals surface area contributed by atoms with E-state index in [2.05, 4.69) is 4.98 Å². The highest BCUT2D eigenvalue weighted by Gasteiger charge is 2.35. The van der Waals surface area contributed by atoms with Gasteiger partial charge in [0.15, 0.2) is 0 Å². The third-order valence-electron chi connectivity index (χ3n) is 6.34. The molecule has 0 aliphatic carbocycles. The quantitative estimate of drug-likeness (QED) is 0.617. The summed E-state index contributed by atoms with van der Waals surface area (Å²) < 4.78 is 44.2. The van der Waals surface area contributed by atoms with Gasteiger partial charge in [0.2, 0.25) is 5.91 Å². The summed E-state index contributed by atoms with van der Waals surface area (Å²) in [7, 11) is 1.61. The number of rotatable bonds is 3. The van der Waals surface area contributed by atoms with Crippen LogP contribution in [0, 0.1) is 12.8 Å². The molecule has 0 radical (unpaired) electrons. The number of amides is 1. The number of aryl methyl sites for hydroxylation is 1. The second kappa shape index (κ2) is 8.81. The molecule has 0 N–H and O–H groups in total. The van der Waals surface area contributed by atoms with Crippen molar-refractivity contribution in [2.75, 3.05) is 36.5 Å². The van der Waals surface area contributed by atoms with Gasteiger partial charge in [-0.25, -0.2) is 4.98 Å². The van der Waals surface area contributed by atoms with Crippen molar-refractivity contribution < 1.29 is 22.7 Å². The summed E-state index contributed by atoms with van der Waals surface area (Å²) in [6, 6.07) is 4.83. The third kappa shape index (κ3) is 4.25. The minimum atomic E-state index is -4.49. The lowest BCUT2D eigenvalue weighted by Gasteiger charge is -2.37. The van der Waals surface area contributed by atoms with E-state index >= 15 is 0 Å². The minimum absolute atomic E-state index is 0.0326. The molecule has 1 fully saturated rings. The van der Waals surface area contributed by atoms with Gasteiger partial charge in [-0.05, 0) is 55.9 Å². The second-order valence-corrected chi connectivity index (χ2v) is 8.70. The second-order valence-electron chi connectivity index (χ2n) is 8.29. The number of piperidine rings is 1. The number of carbonyl (C=O) groups is 1. The number of ether oxygens (including phenoxy) is 1. The van der Waals surface area contributed by atoms with E-state index in [4.69, 9.17) is 16.3 Å². The number of benzene rings is 1. The molecule has 0 saturated carbocycles. The number of hydrogen-bond acceptors (Lipinski definition) is 4. The van der Waals surface area contributed by atoms with Crippen LogP contribution >= 0.6 is 11.6 Å². The molecule has 2 aliphatic heterocycles. The highest BCUT2D eigenvalue weighted by atomic mass is 35.5. The maximum atomic E-state index is 13.4. The number of alkyl halides is 3. The number of carbonyl (C=O) groups excluding carboxylic acids is 1. The number of anilines is 2. The lowest BCUT2D eigenvalue weighted by atomic mass is 9.91. The smallest absolute Gasteiger partial charge is 0.417 e. The van der Waals surface area contributed by atoms with Gasteiger partial charge in [-0.3, -0.25) is 4.79 Å². The number of fused-ring (bicyclic) bond motifs is 1. The van der Waals surface area contributed by atoms with Crippen molar-refractivity contribution in [1.82, 2.24) is 4.98 Å². The molecule has 2 aliphatic rings. The highest BCUT2D eigenvalue weighted by Crippen LogP contribution is 2.40. The van der Waals surface area contributed by atoms with Crippen LogP contribution in [0.15, 0.2) is 24.4 Å². The Morgan fingerprint density at radius 1 is 1.22 bits per heavy atom. The molecule has 3 heterocycles. The summed E-state index contributed by atoms with van der Waals surface area (Å²) >= 11 is 6.10. The molecule has 5 nitrogen and oxygen atoms in total. The summed E-state index contributed by atoms with van der Waals surface area (Å²) in [5, 5.41) is -0.0326. The summed E-state index contributed by atoms with van der Waals surface area (Å²) in [4.78, 5) is 21.1. The zero-order valence-corrected chi connectivity index (χ0v) is 18.8. The van der Waals surface area contributed by atoms with Crippen LogP contribution in [0.5, 0.6) is 5.75 Å².